The molecule has 0 N–H and O–H groups in total. The largest absolute Gasteiger partial charge is 0.222 e. The molecule has 4 rings (SSSR count). The van der Waals surface area contributed by atoms with E-state index in [1.54, 1.807) is 6.26 Å². The van der Waals surface area contributed by atoms with Crippen molar-refractivity contribution in [1.29, 1.82) is 0 Å². The highest BCUT2D eigenvalue weighted by Crippen LogP contribution is 2.59. The summed E-state index contributed by atoms with van der Waals surface area (Å²) in [6.45, 7) is 0. The lowest BCUT2D eigenvalue weighted by Crippen LogP contribution is -2.55. The minimum absolute atomic E-state index is 0.222. The summed E-state index contributed by atoms with van der Waals surface area (Å²) in [4.78, 5) is 0. The second-order valence-electron chi connectivity index (χ2n) is 6.06. The highest BCUT2D eigenvalue weighted by molar-refractivity contribution is 8.44. The van der Waals surface area contributed by atoms with E-state index < -0.39 is 14.6 Å². The lowest BCUT2D eigenvalue weighted by Gasteiger charge is -2.55. The van der Waals surface area contributed by atoms with Gasteiger partial charge in [-0.3, -0.25) is 0 Å². The van der Waals surface area contributed by atoms with Crippen LogP contribution in [0.5, 0.6) is 0 Å². The molecule has 96 valence electrons. The average Bonchev–Trinajstić information content (AvgIpc) is 2.25. The van der Waals surface area contributed by atoms with E-state index in [0.29, 0.717) is 17.8 Å². The molecule has 0 aromatic carbocycles. The molecule has 0 unspecified atom stereocenters. The van der Waals surface area contributed by atoms with E-state index in [9.17, 15) is 8.42 Å². The van der Waals surface area contributed by atoms with Gasteiger partial charge in [0.05, 0.1) is 4.75 Å². The highest BCUT2D eigenvalue weighted by Gasteiger charge is 2.58. The number of thioether (sulfide) groups is 1. The zero-order valence-corrected chi connectivity index (χ0v) is 12.5. The third-order valence-corrected chi connectivity index (χ3v) is 9.67. The molecule has 0 aromatic heterocycles. The molecule has 0 spiro atoms. The quantitative estimate of drug-likeness (QED) is 0.695. The molecule has 4 aliphatic carbocycles. The average molecular weight is 290 g/mol. The molecule has 0 saturated heterocycles. The molecule has 4 fully saturated rings. The Bertz CT molecular complexity index is 417. The van der Waals surface area contributed by atoms with E-state index in [2.05, 4.69) is 0 Å². The number of sulfone groups is 1. The summed E-state index contributed by atoms with van der Waals surface area (Å²) in [5.41, 5.74) is 0. The molecule has 2 nitrogen and oxygen atoms in total. The maximum atomic E-state index is 12.7. The molecule has 0 aromatic rings. The molecule has 5 heteroatoms. The summed E-state index contributed by atoms with van der Waals surface area (Å²) in [6.07, 6.45) is 8.20. The predicted molar refractivity (Wildman–Crippen MR) is 75.9 cm³/mol. The fourth-order valence-electron chi connectivity index (χ4n) is 4.65. The summed E-state index contributed by atoms with van der Waals surface area (Å²) >= 11 is 6.33. The predicted octanol–water partition coefficient (Wildman–Crippen LogP) is 3.02. The Kier molecular flexibility index (Phi) is 2.88. The highest BCUT2D eigenvalue weighted by atomic mass is 32.3. The fourth-order valence-corrected chi connectivity index (χ4v) is 8.30. The van der Waals surface area contributed by atoms with Crippen molar-refractivity contribution in [3.8, 4) is 0 Å². The van der Waals surface area contributed by atoms with Crippen LogP contribution in [0.1, 0.15) is 38.5 Å². The number of hydrogen-bond acceptors (Lipinski definition) is 4. The van der Waals surface area contributed by atoms with Gasteiger partial charge in [0.25, 0.3) is 0 Å². The standard InChI is InChI=1S/C12H18O2S3/c1-16-11(15)17(13,14)12-5-8-2-9(6-12)4-10(3-8)7-12/h8-10H,2-7H2,1H3. The van der Waals surface area contributed by atoms with Gasteiger partial charge in [-0.1, -0.05) is 12.2 Å². The Morgan fingerprint density at radius 1 is 1.12 bits per heavy atom. The maximum absolute atomic E-state index is 12.7. The summed E-state index contributed by atoms with van der Waals surface area (Å²) in [6, 6.07) is 0. The lowest BCUT2D eigenvalue weighted by atomic mass is 9.56. The van der Waals surface area contributed by atoms with Crippen molar-refractivity contribution in [1.82, 2.24) is 0 Å². The monoisotopic (exact) mass is 290 g/mol. The topological polar surface area (TPSA) is 34.1 Å². The number of rotatable bonds is 1. The van der Waals surface area contributed by atoms with Crippen LogP contribution >= 0.6 is 24.0 Å². The van der Waals surface area contributed by atoms with Crippen LogP contribution in [0.2, 0.25) is 0 Å². The summed E-state index contributed by atoms with van der Waals surface area (Å²) < 4.78 is 25.1. The normalized spacial score (nSPS) is 43.9. The molecule has 0 amide bonds. The first-order valence-electron chi connectivity index (χ1n) is 6.29. The van der Waals surface area contributed by atoms with Gasteiger partial charge in [0.15, 0.2) is 13.4 Å². The Morgan fingerprint density at radius 2 is 1.53 bits per heavy atom. The Hall–Kier alpha value is 0.390. The second kappa shape index (κ2) is 3.94. The first-order chi connectivity index (χ1) is 7.97. The van der Waals surface area contributed by atoms with Gasteiger partial charge in [-0.15, -0.1) is 11.8 Å². The van der Waals surface area contributed by atoms with Gasteiger partial charge in [0.1, 0.15) is 0 Å². The van der Waals surface area contributed by atoms with E-state index in [4.69, 9.17) is 12.2 Å². The van der Waals surface area contributed by atoms with Crippen LogP contribution in [0.25, 0.3) is 0 Å². The van der Waals surface area contributed by atoms with Gasteiger partial charge in [-0.25, -0.2) is 8.42 Å². The van der Waals surface area contributed by atoms with Crippen molar-refractivity contribution in [2.24, 2.45) is 17.8 Å². The van der Waals surface area contributed by atoms with Crippen LogP contribution in [-0.4, -0.2) is 22.9 Å². The minimum atomic E-state index is -3.21. The van der Waals surface area contributed by atoms with Gasteiger partial charge >= 0.3 is 0 Å². The first-order valence-corrected chi connectivity index (χ1v) is 9.41. The maximum Gasteiger partial charge on any atom is 0.200 e. The van der Waals surface area contributed by atoms with Crippen molar-refractivity contribution in [3.63, 3.8) is 0 Å². The Morgan fingerprint density at radius 3 is 1.88 bits per heavy atom. The summed E-state index contributed by atoms with van der Waals surface area (Å²) in [7, 11) is -3.21. The van der Waals surface area contributed by atoms with E-state index in [0.717, 1.165) is 19.3 Å². The first kappa shape index (κ1) is 12.4. The van der Waals surface area contributed by atoms with Crippen LogP contribution < -0.4 is 0 Å². The third-order valence-electron chi connectivity index (χ3n) is 4.94. The smallest absolute Gasteiger partial charge is 0.200 e. The molecular weight excluding hydrogens is 272 g/mol. The van der Waals surface area contributed by atoms with Crippen LogP contribution in [0.4, 0.5) is 0 Å². The van der Waals surface area contributed by atoms with Gasteiger partial charge in [0.2, 0.25) is 0 Å². The zero-order chi connectivity index (χ0) is 12.3. The fraction of sp³-hybridized carbons (Fsp3) is 0.917. The van der Waals surface area contributed by atoms with Crippen molar-refractivity contribution < 1.29 is 8.42 Å². The Labute approximate surface area is 113 Å². The molecule has 0 heterocycles. The molecular formula is C12H18O2S3. The van der Waals surface area contributed by atoms with Crippen molar-refractivity contribution in [3.05, 3.63) is 0 Å². The van der Waals surface area contributed by atoms with Crippen LogP contribution in [0.15, 0.2) is 0 Å². The number of thiocarbonyl (C=S) groups is 1. The van der Waals surface area contributed by atoms with E-state index >= 15 is 0 Å². The van der Waals surface area contributed by atoms with Crippen molar-refractivity contribution >= 4 is 37.3 Å². The van der Waals surface area contributed by atoms with E-state index in [1.165, 1.54) is 31.0 Å². The summed E-state index contributed by atoms with van der Waals surface area (Å²) in [5.74, 6) is 1.96. The van der Waals surface area contributed by atoms with Crippen molar-refractivity contribution in [2.45, 2.75) is 43.3 Å². The van der Waals surface area contributed by atoms with Gasteiger partial charge in [-0.05, 0) is 62.5 Å². The number of hydrogen-bond donors (Lipinski definition) is 0. The lowest BCUT2D eigenvalue weighted by molar-refractivity contribution is 0.0347. The molecule has 0 radical (unpaired) electrons. The molecule has 4 bridgehead atoms. The minimum Gasteiger partial charge on any atom is -0.222 e. The van der Waals surface area contributed by atoms with Crippen molar-refractivity contribution in [2.75, 3.05) is 6.26 Å². The van der Waals surface area contributed by atoms with Crippen LogP contribution in [-0.2, 0) is 9.84 Å². The zero-order valence-electron chi connectivity index (χ0n) is 10.0. The molecule has 17 heavy (non-hydrogen) atoms. The molecule has 0 aliphatic heterocycles. The second-order valence-corrected chi connectivity index (χ2v) is 10.3. The third kappa shape index (κ3) is 1.72. The van der Waals surface area contributed by atoms with Crippen LogP contribution in [0.3, 0.4) is 0 Å². The van der Waals surface area contributed by atoms with E-state index in [1.807, 2.05) is 0 Å². The summed E-state index contributed by atoms with van der Waals surface area (Å²) in [5, 5.41) is 0. The van der Waals surface area contributed by atoms with Gasteiger partial charge in [0, 0.05) is 0 Å². The van der Waals surface area contributed by atoms with Gasteiger partial charge in [-0.2, -0.15) is 0 Å². The Balaban J connectivity index is 2.00. The van der Waals surface area contributed by atoms with Gasteiger partial charge < -0.3 is 0 Å². The molecule has 4 aliphatic rings. The SMILES string of the molecule is CSC(=S)S(=O)(=O)C12CC3CC(CC(C3)C1)C2. The van der Waals surface area contributed by atoms with E-state index in [-0.39, 0.29) is 3.53 Å². The molecule has 4 saturated carbocycles. The van der Waals surface area contributed by atoms with Crippen LogP contribution in [0, 0.1) is 17.8 Å². The molecule has 0 atom stereocenters.